The van der Waals surface area contributed by atoms with E-state index in [0.29, 0.717) is 0 Å². The SMILES string of the molecule is O=S(=O)(O)OCCS(=O)(=O)c1cccc(N=c2nc(Cl)nc(Nc3ccc4c(O)c(N=Nc5ccc6c(S(=O)(=O)O)cccc6c5S(=O)(=O)O)c(S(=O)(=O)O)cc4c3)[nH]2)c1. The first-order valence-electron chi connectivity index (χ1n) is 15.9. The molecule has 0 spiro atoms. The number of fused-ring (bicyclic) bond motifs is 2. The van der Waals surface area contributed by atoms with E-state index in [9.17, 15) is 60.9 Å². The summed E-state index contributed by atoms with van der Waals surface area (Å²) in [6.07, 6.45) is 0. The van der Waals surface area contributed by atoms with Crippen LogP contribution in [0.15, 0.2) is 114 Å². The number of hydrogen-bond acceptors (Lipinski definition) is 18. The highest BCUT2D eigenvalue weighted by molar-refractivity contribution is 7.91. The Kier molecular flexibility index (Phi) is 11.9. The van der Waals surface area contributed by atoms with Crippen LogP contribution in [0.2, 0.25) is 5.28 Å². The van der Waals surface area contributed by atoms with Gasteiger partial charge in [0.05, 0.1) is 22.9 Å². The van der Waals surface area contributed by atoms with Crippen LogP contribution >= 0.6 is 11.6 Å². The third-order valence-electron chi connectivity index (χ3n) is 7.96. The Hall–Kier alpha value is -5.53. The molecule has 1 aromatic heterocycles. The van der Waals surface area contributed by atoms with Crippen molar-refractivity contribution in [3.63, 3.8) is 0 Å². The lowest BCUT2D eigenvalue weighted by atomic mass is 10.1. The Morgan fingerprint density at radius 2 is 1.40 bits per heavy atom. The molecular formula is C31H24ClN7O16S5. The molecule has 60 heavy (non-hydrogen) atoms. The Balaban J connectivity index is 1.35. The maximum atomic E-state index is 12.7. The van der Waals surface area contributed by atoms with Gasteiger partial charge in [-0.2, -0.15) is 43.6 Å². The molecule has 0 amide bonds. The summed E-state index contributed by atoms with van der Waals surface area (Å²) in [6.45, 7) is -0.858. The molecule has 6 rings (SSSR count). The van der Waals surface area contributed by atoms with Gasteiger partial charge < -0.3 is 10.4 Å². The Bertz CT molecular complexity index is 3440. The molecule has 1 heterocycles. The van der Waals surface area contributed by atoms with E-state index in [4.69, 9.17) is 16.2 Å². The number of phenols is 1. The standard InChI is InChI=1S/C31H24ClN7O16S5/c32-29-35-30(33-17-3-1-4-19(15-17)56(41,42)12-11-55-60(52,53)54)37-31(36-29)34-18-7-8-20-16(13-18)14-25(58(46,47)48)26(27(20)40)39-38-23-10-9-21-22(28(23)59(49,50)51)5-2-6-24(21)57(43,44)45/h1-10,13-15,40H,11-12H2,(H,43,44,45)(H,46,47,48)(H,49,50,51)(H,52,53,54)(H2,33,34,35,36,37). The number of hydrogen-bond donors (Lipinski definition) is 7. The molecule has 0 aliphatic carbocycles. The first kappa shape index (κ1) is 44.0. The van der Waals surface area contributed by atoms with E-state index in [0.717, 1.165) is 42.5 Å². The zero-order valence-electron chi connectivity index (χ0n) is 29.3. The van der Waals surface area contributed by atoms with E-state index < -0.39 is 100 Å². The predicted octanol–water partition coefficient (Wildman–Crippen LogP) is 4.19. The zero-order valence-corrected chi connectivity index (χ0v) is 34.1. The molecule has 0 unspecified atom stereocenters. The van der Waals surface area contributed by atoms with Crippen LogP contribution < -0.4 is 10.9 Å². The fourth-order valence-electron chi connectivity index (χ4n) is 5.54. The fraction of sp³-hybridized carbons (Fsp3) is 0.0645. The van der Waals surface area contributed by atoms with Gasteiger partial charge in [0.1, 0.15) is 26.1 Å². The molecular weight excluding hydrogens is 922 g/mol. The van der Waals surface area contributed by atoms with Crippen molar-refractivity contribution in [3.05, 3.63) is 89.8 Å². The number of azo groups is 1. The first-order valence-corrected chi connectivity index (χ1v) is 23.6. The van der Waals surface area contributed by atoms with Gasteiger partial charge in [-0.1, -0.05) is 24.3 Å². The molecule has 0 radical (unpaired) electrons. The fourth-order valence-corrected chi connectivity index (χ4v) is 9.42. The monoisotopic (exact) mass is 945 g/mol. The molecule has 6 aromatic rings. The normalized spacial score (nSPS) is 13.4. The number of benzene rings is 5. The number of sulfone groups is 1. The molecule has 0 saturated heterocycles. The number of H-pyrrole nitrogens is 1. The third-order valence-corrected chi connectivity index (χ3v) is 13.0. The second kappa shape index (κ2) is 16.2. The summed E-state index contributed by atoms with van der Waals surface area (Å²) in [4.78, 5) is 11.9. The van der Waals surface area contributed by atoms with E-state index in [2.05, 4.69) is 39.7 Å². The third kappa shape index (κ3) is 10.1. The topological polar surface area (TPSA) is 372 Å². The molecule has 7 N–H and O–H groups in total. The highest BCUT2D eigenvalue weighted by Crippen LogP contribution is 2.43. The van der Waals surface area contributed by atoms with Crippen molar-refractivity contribution in [2.45, 2.75) is 19.6 Å². The van der Waals surface area contributed by atoms with Gasteiger partial charge in [-0.15, -0.1) is 10.2 Å². The van der Waals surface area contributed by atoms with Gasteiger partial charge >= 0.3 is 10.4 Å². The Labute approximate surface area is 343 Å². The quantitative estimate of drug-likeness (QED) is 0.0630. The zero-order chi connectivity index (χ0) is 44.0. The van der Waals surface area contributed by atoms with Crippen molar-refractivity contribution in [1.82, 2.24) is 15.0 Å². The van der Waals surface area contributed by atoms with Gasteiger partial charge in [0.2, 0.25) is 16.9 Å². The molecule has 0 atom stereocenters. The molecule has 316 valence electrons. The number of rotatable bonds is 13. The van der Waals surface area contributed by atoms with E-state index in [-0.39, 0.29) is 49.3 Å². The van der Waals surface area contributed by atoms with E-state index in [1.54, 1.807) is 0 Å². The summed E-state index contributed by atoms with van der Waals surface area (Å²) >= 11 is 6.10. The maximum Gasteiger partial charge on any atom is 0.397 e. The summed E-state index contributed by atoms with van der Waals surface area (Å²) in [7, 11) is -24.3. The molecule has 5 aromatic carbocycles. The Morgan fingerprint density at radius 3 is 2.07 bits per heavy atom. The highest BCUT2D eigenvalue weighted by atomic mass is 35.5. The molecule has 23 nitrogen and oxygen atoms in total. The maximum absolute atomic E-state index is 12.7. The number of phenolic OH excluding ortho intramolecular Hbond substituents is 1. The van der Waals surface area contributed by atoms with Gasteiger partial charge in [0, 0.05) is 21.8 Å². The van der Waals surface area contributed by atoms with Crippen LogP contribution in [-0.2, 0) is 54.8 Å². The second-order valence-electron chi connectivity index (χ2n) is 12.0. The van der Waals surface area contributed by atoms with Crippen molar-refractivity contribution < 1.29 is 69.6 Å². The van der Waals surface area contributed by atoms with Crippen LogP contribution in [-0.4, -0.2) is 92.7 Å². The van der Waals surface area contributed by atoms with Gasteiger partial charge in [-0.3, -0.25) is 23.2 Å². The number of aromatic nitrogens is 3. The van der Waals surface area contributed by atoms with Gasteiger partial charge in [0.15, 0.2) is 15.6 Å². The largest absolute Gasteiger partial charge is 0.505 e. The van der Waals surface area contributed by atoms with Crippen LogP contribution in [0.4, 0.5) is 28.7 Å². The lowest BCUT2D eigenvalue weighted by Gasteiger charge is -2.12. The molecule has 29 heteroatoms. The minimum absolute atomic E-state index is 0.0313. The summed E-state index contributed by atoms with van der Waals surface area (Å²) in [5.41, 5.74) is -1.54. The number of aromatic amines is 1. The smallest absolute Gasteiger partial charge is 0.397 e. The van der Waals surface area contributed by atoms with E-state index in [1.807, 2.05) is 0 Å². The van der Waals surface area contributed by atoms with E-state index in [1.165, 1.54) is 36.4 Å². The number of nitrogens with one attached hydrogen (secondary N) is 2. The van der Waals surface area contributed by atoms with Crippen LogP contribution in [0.25, 0.3) is 21.5 Å². The number of nitrogens with zero attached hydrogens (tertiary/aromatic N) is 5. The molecule has 0 fully saturated rings. The summed E-state index contributed by atoms with van der Waals surface area (Å²) < 4.78 is 163. The summed E-state index contributed by atoms with van der Waals surface area (Å²) in [5, 5.41) is 20.2. The average molecular weight is 946 g/mol. The number of halogens is 1. The van der Waals surface area contributed by atoms with E-state index >= 15 is 0 Å². The number of anilines is 2. The summed E-state index contributed by atoms with van der Waals surface area (Å²) in [6, 6.07) is 14.9. The van der Waals surface area contributed by atoms with Gasteiger partial charge in [-0.05, 0) is 71.6 Å². The van der Waals surface area contributed by atoms with Crippen LogP contribution in [0.3, 0.4) is 0 Å². The van der Waals surface area contributed by atoms with Gasteiger partial charge in [0.25, 0.3) is 30.4 Å². The highest BCUT2D eigenvalue weighted by Gasteiger charge is 2.26. The second-order valence-corrected chi connectivity index (χ2v) is 19.7. The van der Waals surface area contributed by atoms with Crippen molar-refractivity contribution in [2.24, 2.45) is 15.2 Å². The molecule has 0 aliphatic rings. The van der Waals surface area contributed by atoms with Crippen molar-refractivity contribution in [3.8, 4) is 5.75 Å². The molecule has 0 aliphatic heterocycles. The minimum Gasteiger partial charge on any atom is -0.505 e. The Morgan fingerprint density at radius 1 is 0.717 bits per heavy atom. The molecule has 0 bridgehead atoms. The predicted molar refractivity (Wildman–Crippen MR) is 209 cm³/mol. The van der Waals surface area contributed by atoms with Crippen molar-refractivity contribution >= 4 is 112 Å². The summed E-state index contributed by atoms with van der Waals surface area (Å²) in [5.74, 6) is -1.78. The van der Waals surface area contributed by atoms with Crippen LogP contribution in [0, 0.1) is 0 Å². The van der Waals surface area contributed by atoms with Gasteiger partial charge in [-0.25, -0.2) is 17.6 Å². The first-order chi connectivity index (χ1) is 27.8. The van der Waals surface area contributed by atoms with Crippen molar-refractivity contribution in [2.75, 3.05) is 17.7 Å². The van der Waals surface area contributed by atoms with Crippen LogP contribution in [0.5, 0.6) is 5.75 Å². The minimum atomic E-state index is -5.22. The molecule has 0 saturated carbocycles. The lowest BCUT2D eigenvalue weighted by molar-refractivity contribution is 0.284. The number of aromatic hydroxyl groups is 1. The lowest BCUT2D eigenvalue weighted by Crippen LogP contribution is -2.16. The van der Waals surface area contributed by atoms with Crippen molar-refractivity contribution in [1.29, 1.82) is 0 Å². The average Bonchev–Trinajstić information content (AvgIpc) is 3.11. The van der Waals surface area contributed by atoms with Crippen LogP contribution in [0.1, 0.15) is 0 Å².